The second kappa shape index (κ2) is 5.20. The van der Waals surface area contributed by atoms with E-state index in [1.165, 1.54) is 0 Å². The lowest BCUT2D eigenvalue weighted by atomic mass is 10.0. The first-order valence-electron chi connectivity index (χ1n) is 6.47. The van der Waals surface area contributed by atoms with Crippen molar-refractivity contribution >= 4 is 16.7 Å². The zero-order valence-corrected chi connectivity index (χ0v) is 11.3. The van der Waals surface area contributed by atoms with E-state index in [9.17, 15) is 5.11 Å². The van der Waals surface area contributed by atoms with Crippen LogP contribution in [0.15, 0.2) is 54.8 Å². The third-order valence-corrected chi connectivity index (χ3v) is 3.18. The molecule has 3 rings (SSSR count). The van der Waals surface area contributed by atoms with Crippen molar-refractivity contribution in [1.82, 2.24) is 10.2 Å². The molecule has 0 aliphatic carbocycles. The van der Waals surface area contributed by atoms with Gasteiger partial charge in [0.05, 0.1) is 5.52 Å². The molecular weight excluding hydrogens is 266 g/mol. The summed E-state index contributed by atoms with van der Waals surface area (Å²) in [6.07, 6.45) is 0. The highest BCUT2D eigenvalue weighted by molar-refractivity contribution is 5.92. The van der Waals surface area contributed by atoms with E-state index in [1.54, 1.807) is 0 Å². The van der Waals surface area contributed by atoms with Gasteiger partial charge in [-0.15, -0.1) is 0 Å². The number of benzene rings is 2. The number of nitrogens with zero attached hydrogens (tertiary/aromatic N) is 1. The van der Waals surface area contributed by atoms with E-state index >= 15 is 0 Å². The lowest BCUT2D eigenvalue weighted by molar-refractivity contribution is 0.273. The van der Waals surface area contributed by atoms with E-state index in [1.807, 2.05) is 42.5 Å². The van der Waals surface area contributed by atoms with Gasteiger partial charge >= 0.3 is 0 Å². The summed E-state index contributed by atoms with van der Waals surface area (Å²) in [5, 5.41) is 16.9. The zero-order valence-electron chi connectivity index (χ0n) is 11.3. The number of aliphatic hydroxyl groups excluding tert-OH is 1. The van der Waals surface area contributed by atoms with E-state index in [0.29, 0.717) is 11.6 Å². The van der Waals surface area contributed by atoms with Crippen molar-refractivity contribution in [3.63, 3.8) is 0 Å². The van der Waals surface area contributed by atoms with Crippen LogP contribution < -0.4 is 10.5 Å². The van der Waals surface area contributed by atoms with Crippen LogP contribution in [0.3, 0.4) is 0 Å². The van der Waals surface area contributed by atoms with Gasteiger partial charge in [0.25, 0.3) is 0 Å². The zero-order chi connectivity index (χ0) is 14.8. The van der Waals surface area contributed by atoms with Gasteiger partial charge in [-0.1, -0.05) is 30.8 Å². The van der Waals surface area contributed by atoms with Crippen LogP contribution >= 0.6 is 0 Å². The average Bonchev–Trinajstić information content (AvgIpc) is 2.86. The van der Waals surface area contributed by atoms with Crippen LogP contribution in [0.2, 0.25) is 0 Å². The van der Waals surface area contributed by atoms with Crippen molar-refractivity contribution in [2.75, 3.05) is 12.3 Å². The number of hydrogen-bond donors (Lipinski definition) is 3. The van der Waals surface area contributed by atoms with Gasteiger partial charge in [-0.25, -0.2) is 0 Å². The molecule has 106 valence electrons. The molecule has 4 N–H and O–H groups in total. The maximum Gasteiger partial charge on any atom is 0.153 e. The maximum absolute atomic E-state index is 9.18. The number of aromatic amines is 1. The first-order valence-corrected chi connectivity index (χ1v) is 6.47. The summed E-state index contributed by atoms with van der Waals surface area (Å²) in [7, 11) is 0. The van der Waals surface area contributed by atoms with Crippen molar-refractivity contribution in [1.29, 1.82) is 0 Å². The highest BCUT2D eigenvalue weighted by Crippen LogP contribution is 2.32. The molecule has 0 radical (unpaired) electrons. The van der Waals surface area contributed by atoms with Crippen LogP contribution in [0.25, 0.3) is 22.0 Å². The molecule has 3 aromatic rings. The minimum Gasteiger partial charge on any atom is -0.509 e. The van der Waals surface area contributed by atoms with Crippen molar-refractivity contribution in [3.8, 4) is 16.9 Å². The van der Waals surface area contributed by atoms with Crippen LogP contribution in [0.4, 0.5) is 5.82 Å². The third kappa shape index (κ3) is 2.53. The lowest BCUT2D eigenvalue weighted by Gasteiger charge is -2.11. The summed E-state index contributed by atoms with van der Waals surface area (Å²) >= 11 is 0. The number of rotatable bonds is 4. The van der Waals surface area contributed by atoms with Crippen LogP contribution in [0.5, 0.6) is 5.75 Å². The Morgan fingerprint density at radius 1 is 1.29 bits per heavy atom. The van der Waals surface area contributed by atoms with Crippen molar-refractivity contribution in [2.24, 2.45) is 0 Å². The standard InChI is InChI=1S/C16H15N3O2/c1-10(20)9-21-15-5-3-2-4-12(15)11-6-7-14-13(8-11)16(17)19-18-14/h2-8,20H,1,9H2,(H3,17,18,19). The molecule has 0 saturated heterocycles. The van der Waals surface area contributed by atoms with E-state index in [0.717, 1.165) is 22.0 Å². The summed E-state index contributed by atoms with van der Waals surface area (Å²) in [5.41, 5.74) is 8.61. The highest BCUT2D eigenvalue weighted by Gasteiger charge is 2.09. The molecule has 0 aliphatic rings. The summed E-state index contributed by atoms with van der Waals surface area (Å²) in [5.74, 6) is 1.13. The van der Waals surface area contributed by atoms with E-state index in [4.69, 9.17) is 10.5 Å². The quantitative estimate of drug-likeness (QED) is 0.641. The van der Waals surface area contributed by atoms with Gasteiger partial charge < -0.3 is 15.6 Å². The van der Waals surface area contributed by atoms with Gasteiger partial charge in [0.15, 0.2) is 5.82 Å². The van der Waals surface area contributed by atoms with Gasteiger partial charge in [-0.05, 0) is 23.8 Å². The van der Waals surface area contributed by atoms with Crippen LogP contribution in [-0.4, -0.2) is 21.9 Å². The molecule has 0 atom stereocenters. The summed E-state index contributed by atoms with van der Waals surface area (Å²) in [6.45, 7) is 3.48. The van der Waals surface area contributed by atoms with E-state index in [-0.39, 0.29) is 12.4 Å². The van der Waals surface area contributed by atoms with Crippen LogP contribution in [0.1, 0.15) is 0 Å². The lowest BCUT2D eigenvalue weighted by Crippen LogP contribution is -2.00. The fraction of sp³-hybridized carbons (Fsp3) is 0.0625. The second-order valence-corrected chi connectivity index (χ2v) is 4.72. The predicted molar refractivity (Wildman–Crippen MR) is 83.2 cm³/mol. The van der Waals surface area contributed by atoms with E-state index in [2.05, 4.69) is 16.8 Å². The number of hydrogen-bond acceptors (Lipinski definition) is 4. The minimum absolute atomic E-state index is 0.0145. The van der Waals surface area contributed by atoms with Crippen molar-refractivity contribution in [3.05, 3.63) is 54.8 Å². The van der Waals surface area contributed by atoms with E-state index < -0.39 is 0 Å². The molecular formula is C16H15N3O2. The molecule has 0 bridgehead atoms. The molecule has 0 unspecified atom stereocenters. The normalized spacial score (nSPS) is 10.7. The second-order valence-electron chi connectivity index (χ2n) is 4.72. The number of nitrogens with one attached hydrogen (secondary N) is 1. The number of para-hydroxylation sites is 1. The molecule has 1 heterocycles. The Bertz CT molecular complexity index is 808. The fourth-order valence-electron chi connectivity index (χ4n) is 2.19. The number of H-pyrrole nitrogens is 1. The number of anilines is 1. The van der Waals surface area contributed by atoms with Gasteiger partial charge in [0.1, 0.15) is 18.1 Å². The molecule has 0 spiro atoms. The molecule has 0 saturated carbocycles. The molecule has 5 heteroatoms. The predicted octanol–water partition coefficient (Wildman–Crippen LogP) is 3.26. The van der Waals surface area contributed by atoms with Gasteiger partial charge in [-0.3, -0.25) is 5.10 Å². The first-order chi connectivity index (χ1) is 10.1. The molecule has 0 amide bonds. The average molecular weight is 281 g/mol. The minimum atomic E-state index is -0.0145. The molecule has 2 aromatic carbocycles. The van der Waals surface area contributed by atoms with Gasteiger partial charge in [-0.2, -0.15) is 5.10 Å². The number of aromatic nitrogens is 2. The fourth-order valence-corrected chi connectivity index (χ4v) is 2.19. The summed E-state index contributed by atoms with van der Waals surface area (Å²) < 4.78 is 5.57. The number of nitrogen functional groups attached to an aromatic ring is 1. The molecule has 21 heavy (non-hydrogen) atoms. The Morgan fingerprint density at radius 2 is 2.10 bits per heavy atom. The van der Waals surface area contributed by atoms with Crippen LogP contribution in [0, 0.1) is 0 Å². The maximum atomic E-state index is 9.18. The highest BCUT2D eigenvalue weighted by atomic mass is 16.5. The van der Waals surface area contributed by atoms with Gasteiger partial charge in [0.2, 0.25) is 0 Å². The Hall–Kier alpha value is -2.95. The topological polar surface area (TPSA) is 84.2 Å². The largest absolute Gasteiger partial charge is 0.509 e. The van der Waals surface area contributed by atoms with Gasteiger partial charge in [0, 0.05) is 10.9 Å². The smallest absolute Gasteiger partial charge is 0.153 e. The number of fused-ring (bicyclic) bond motifs is 1. The van der Waals surface area contributed by atoms with Crippen molar-refractivity contribution in [2.45, 2.75) is 0 Å². The Labute approximate surface area is 121 Å². The molecule has 1 aromatic heterocycles. The Kier molecular flexibility index (Phi) is 3.23. The van der Waals surface area contributed by atoms with Crippen molar-refractivity contribution < 1.29 is 9.84 Å². The monoisotopic (exact) mass is 281 g/mol. The summed E-state index contributed by atoms with van der Waals surface area (Å²) in [6, 6.07) is 13.5. The first kappa shape index (κ1) is 13.1. The Balaban J connectivity index is 2.05. The SMILES string of the molecule is C=C(O)COc1ccccc1-c1ccc2[nH]nc(N)c2c1. The number of nitrogens with two attached hydrogens (primary N) is 1. The summed E-state index contributed by atoms with van der Waals surface area (Å²) in [4.78, 5) is 0. The molecule has 0 fully saturated rings. The molecule has 5 nitrogen and oxygen atoms in total. The van der Waals surface area contributed by atoms with Crippen LogP contribution in [-0.2, 0) is 0 Å². The number of ether oxygens (including phenoxy) is 1. The number of aliphatic hydroxyl groups is 1. The Morgan fingerprint density at radius 3 is 2.90 bits per heavy atom. The third-order valence-electron chi connectivity index (χ3n) is 3.18. The molecule has 0 aliphatic heterocycles.